The Hall–Kier alpha value is -2.13. The number of aromatic nitrogens is 3. The lowest BCUT2D eigenvalue weighted by Gasteiger charge is -2.16. The molecule has 0 aromatic carbocycles. The van der Waals surface area contributed by atoms with Gasteiger partial charge >= 0.3 is 0 Å². The summed E-state index contributed by atoms with van der Waals surface area (Å²) in [6.07, 6.45) is 0.118. The number of aromatic hydroxyl groups is 1. The van der Waals surface area contributed by atoms with Crippen molar-refractivity contribution >= 4 is 21.6 Å². The van der Waals surface area contributed by atoms with Crippen molar-refractivity contribution in [3.05, 3.63) is 35.3 Å². The van der Waals surface area contributed by atoms with Gasteiger partial charge in [-0.15, -0.1) is 11.3 Å². The molecular weight excluding hydrogens is 342 g/mol. The van der Waals surface area contributed by atoms with Crippen LogP contribution in [0, 0.1) is 5.92 Å². The molecule has 0 amide bonds. The summed E-state index contributed by atoms with van der Waals surface area (Å²) in [4.78, 5) is 12.9. The predicted octanol–water partition coefficient (Wildman–Crippen LogP) is 1.28. The lowest BCUT2D eigenvalue weighted by molar-refractivity contribution is 0.00243. The molecule has 4 N–H and O–H groups in total. The second kappa shape index (κ2) is 6.30. The van der Waals surface area contributed by atoms with Gasteiger partial charge < -0.3 is 20.4 Å². The van der Waals surface area contributed by atoms with Crippen LogP contribution in [0.15, 0.2) is 29.8 Å². The fraction of sp³-hybridized carbons (Fsp3) is 0.353. The minimum atomic E-state index is -0.981. The van der Waals surface area contributed by atoms with E-state index in [1.807, 2.05) is 11.4 Å². The third-order valence-electron chi connectivity index (χ3n) is 4.75. The van der Waals surface area contributed by atoms with Gasteiger partial charge in [-0.2, -0.15) is 4.98 Å². The van der Waals surface area contributed by atoms with Gasteiger partial charge in [0, 0.05) is 24.6 Å². The largest absolute Gasteiger partial charge is 0.492 e. The van der Waals surface area contributed by atoms with Gasteiger partial charge in [-0.1, -0.05) is 6.07 Å². The lowest BCUT2D eigenvalue weighted by Crippen LogP contribution is -2.28. The van der Waals surface area contributed by atoms with E-state index >= 15 is 0 Å². The van der Waals surface area contributed by atoms with Crippen LogP contribution in [0.25, 0.3) is 21.7 Å². The molecule has 4 atom stereocenters. The number of hydrogen-bond donors (Lipinski definition) is 4. The Morgan fingerprint density at radius 1 is 1.16 bits per heavy atom. The molecule has 3 aromatic rings. The molecule has 1 aliphatic carbocycles. The quantitative estimate of drug-likeness (QED) is 0.556. The van der Waals surface area contributed by atoms with E-state index in [0.717, 1.165) is 5.56 Å². The van der Waals surface area contributed by atoms with E-state index in [4.69, 9.17) is 0 Å². The molecule has 130 valence electrons. The molecule has 3 heterocycles. The summed E-state index contributed by atoms with van der Waals surface area (Å²) < 4.78 is 0.531. The molecular formula is C17H17N3O4S. The molecule has 3 aromatic heterocycles. The number of hydrogen-bond acceptors (Lipinski definition) is 8. The molecule has 8 heteroatoms. The topological polar surface area (TPSA) is 120 Å². The van der Waals surface area contributed by atoms with Crippen molar-refractivity contribution < 1.29 is 20.4 Å². The molecule has 25 heavy (non-hydrogen) atoms. The first kappa shape index (κ1) is 16.3. The van der Waals surface area contributed by atoms with Gasteiger partial charge in [-0.05, 0) is 29.5 Å². The van der Waals surface area contributed by atoms with Crippen molar-refractivity contribution in [3.63, 3.8) is 0 Å². The van der Waals surface area contributed by atoms with Gasteiger partial charge in [0.25, 0.3) is 0 Å². The average molecular weight is 359 g/mol. The van der Waals surface area contributed by atoms with E-state index in [9.17, 15) is 20.4 Å². The minimum absolute atomic E-state index is 0.131. The number of rotatable bonds is 3. The molecule has 0 saturated heterocycles. The van der Waals surface area contributed by atoms with Gasteiger partial charge in [0.05, 0.1) is 17.7 Å². The number of fused-ring (bicyclic) bond motifs is 1. The van der Waals surface area contributed by atoms with Crippen LogP contribution in [0.3, 0.4) is 0 Å². The van der Waals surface area contributed by atoms with Crippen LogP contribution in [0.4, 0.5) is 0 Å². The highest BCUT2D eigenvalue weighted by molar-refractivity contribution is 7.17. The highest BCUT2D eigenvalue weighted by atomic mass is 32.1. The SMILES string of the molecule is OC[C@H]1C[C@@H](c2csc3c(O)nc(-c4ccccn4)nc23)[C@H](O)[C@@H]1O. The highest BCUT2D eigenvalue weighted by Crippen LogP contribution is 2.44. The molecule has 1 aliphatic rings. The summed E-state index contributed by atoms with van der Waals surface area (Å²) in [5.41, 5.74) is 1.84. The summed E-state index contributed by atoms with van der Waals surface area (Å²) in [5, 5.41) is 41.9. The smallest absolute Gasteiger partial charge is 0.233 e. The van der Waals surface area contributed by atoms with Crippen molar-refractivity contribution in [1.29, 1.82) is 0 Å². The van der Waals surface area contributed by atoms with E-state index in [2.05, 4.69) is 15.0 Å². The van der Waals surface area contributed by atoms with Crippen molar-refractivity contribution in [3.8, 4) is 17.4 Å². The van der Waals surface area contributed by atoms with Crippen LogP contribution < -0.4 is 0 Å². The summed E-state index contributed by atoms with van der Waals surface area (Å²) in [6, 6.07) is 5.34. The Morgan fingerprint density at radius 3 is 2.68 bits per heavy atom. The fourth-order valence-corrected chi connectivity index (χ4v) is 4.37. The monoisotopic (exact) mass is 359 g/mol. The van der Waals surface area contributed by atoms with Crippen LogP contribution in [0.5, 0.6) is 5.88 Å². The van der Waals surface area contributed by atoms with Crippen LogP contribution >= 0.6 is 11.3 Å². The Kier molecular flexibility index (Phi) is 4.12. The first-order valence-electron chi connectivity index (χ1n) is 7.96. The molecule has 0 aliphatic heterocycles. The zero-order chi connectivity index (χ0) is 17.6. The number of thiophene rings is 1. The molecule has 1 saturated carbocycles. The maximum absolute atomic E-state index is 10.4. The summed E-state index contributed by atoms with van der Waals surface area (Å²) >= 11 is 1.29. The Morgan fingerprint density at radius 2 is 2.00 bits per heavy atom. The second-order valence-electron chi connectivity index (χ2n) is 6.22. The van der Waals surface area contributed by atoms with Gasteiger partial charge in [0.2, 0.25) is 5.88 Å². The third kappa shape index (κ3) is 2.67. The molecule has 0 spiro atoms. The van der Waals surface area contributed by atoms with Gasteiger partial charge in [-0.3, -0.25) is 4.98 Å². The Bertz CT molecular complexity index is 902. The van der Waals surface area contributed by atoms with E-state index < -0.39 is 12.2 Å². The minimum Gasteiger partial charge on any atom is -0.492 e. The maximum atomic E-state index is 10.4. The standard InChI is InChI=1S/C17H17N3O4S/c21-6-8-5-9(14(23)13(8)22)10-7-25-15-12(10)19-16(20-17(15)24)11-3-1-2-4-18-11/h1-4,7-9,13-14,21-23H,5-6H2,(H,19,20,24)/t8-,9+,13-,14+/m1/s1. The molecule has 0 unspecified atom stereocenters. The van der Waals surface area contributed by atoms with Crippen molar-refractivity contribution in [2.24, 2.45) is 5.92 Å². The van der Waals surface area contributed by atoms with Gasteiger partial charge in [-0.25, -0.2) is 4.98 Å². The van der Waals surface area contributed by atoms with Crippen LogP contribution in [0.1, 0.15) is 17.9 Å². The first-order valence-corrected chi connectivity index (χ1v) is 8.84. The number of pyridine rings is 1. The van der Waals surface area contributed by atoms with Gasteiger partial charge in [0.15, 0.2) is 5.82 Å². The van der Waals surface area contributed by atoms with Crippen molar-refractivity contribution in [2.45, 2.75) is 24.5 Å². The maximum Gasteiger partial charge on any atom is 0.233 e. The number of aliphatic hydroxyl groups excluding tert-OH is 3. The Labute approximate surface area is 147 Å². The van der Waals surface area contributed by atoms with E-state index in [0.29, 0.717) is 28.2 Å². The molecule has 0 radical (unpaired) electrons. The zero-order valence-electron chi connectivity index (χ0n) is 13.1. The average Bonchev–Trinajstić information content (AvgIpc) is 3.18. The highest BCUT2D eigenvalue weighted by Gasteiger charge is 2.43. The van der Waals surface area contributed by atoms with E-state index in [-0.39, 0.29) is 24.3 Å². The Balaban J connectivity index is 1.82. The summed E-state index contributed by atoms with van der Waals surface area (Å²) in [7, 11) is 0. The van der Waals surface area contributed by atoms with Gasteiger partial charge in [0.1, 0.15) is 10.4 Å². The lowest BCUT2D eigenvalue weighted by atomic mass is 9.96. The molecule has 1 fully saturated rings. The number of nitrogens with zero attached hydrogens (tertiary/aromatic N) is 3. The van der Waals surface area contributed by atoms with E-state index in [1.54, 1.807) is 18.3 Å². The van der Waals surface area contributed by atoms with Crippen LogP contribution in [-0.4, -0.2) is 54.2 Å². The number of aliphatic hydroxyl groups is 3. The molecule has 4 rings (SSSR count). The van der Waals surface area contributed by atoms with E-state index in [1.165, 1.54) is 11.3 Å². The molecule has 7 nitrogen and oxygen atoms in total. The first-order chi connectivity index (χ1) is 12.1. The van der Waals surface area contributed by atoms with Crippen molar-refractivity contribution in [2.75, 3.05) is 6.61 Å². The fourth-order valence-electron chi connectivity index (χ4n) is 3.41. The zero-order valence-corrected chi connectivity index (χ0v) is 14.0. The van der Waals surface area contributed by atoms with Crippen LogP contribution in [0.2, 0.25) is 0 Å². The third-order valence-corrected chi connectivity index (χ3v) is 5.74. The predicted molar refractivity (Wildman–Crippen MR) is 92.3 cm³/mol. The van der Waals surface area contributed by atoms with Crippen molar-refractivity contribution in [1.82, 2.24) is 15.0 Å². The summed E-state index contributed by atoms with van der Waals surface area (Å²) in [5.74, 6) is -0.557. The van der Waals surface area contributed by atoms with Crippen LogP contribution in [-0.2, 0) is 0 Å². The normalized spacial score (nSPS) is 26.4. The second-order valence-corrected chi connectivity index (χ2v) is 7.10. The summed E-state index contributed by atoms with van der Waals surface area (Å²) in [6.45, 7) is -0.184. The molecule has 0 bridgehead atoms.